The summed E-state index contributed by atoms with van der Waals surface area (Å²) in [4.78, 5) is 35.4. The molecule has 2 rings (SSSR count). The Bertz CT molecular complexity index is 616. The van der Waals surface area contributed by atoms with Crippen molar-refractivity contribution in [1.29, 1.82) is 0 Å². The van der Waals surface area contributed by atoms with Gasteiger partial charge in [-0.2, -0.15) is 0 Å². The molecule has 0 amide bonds. The number of carbonyl (C=O) groups excluding carboxylic acids is 3. The zero-order valence-electron chi connectivity index (χ0n) is 13.3. The van der Waals surface area contributed by atoms with Crippen LogP contribution in [0.1, 0.15) is 28.8 Å². The highest BCUT2D eigenvalue weighted by atomic mass is 16.5. The lowest BCUT2D eigenvalue weighted by atomic mass is 9.99. The Morgan fingerprint density at radius 1 is 1.17 bits per heavy atom. The molecule has 1 aliphatic rings. The van der Waals surface area contributed by atoms with Gasteiger partial charge < -0.3 is 9.47 Å². The number of allylic oxidation sites excluding steroid dienone is 2. The van der Waals surface area contributed by atoms with E-state index in [9.17, 15) is 14.4 Å². The molecule has 23 heavy (non-hydrogen) atoms. The number of ketones is 1. The van der Waals surface area contributed by atoms with Gasteiger partial charge in [-0.05, 0) is 24.8 Å². The summed E-state index contributed by atoms with van der Waals surface area (Å²) in [6.07, 6.45) is 5.09. The maximum absolute atomic E-state index is 12.3. The van der Waals surface area contributed by atoms with E-state index in [0.717, 1.165) is 17.5 Å². The predicted octanol–water partition coefficient (Wildman–Crippen LogP) is 2.34. The van der Waals surface area contributed by atoms with Crippen LogP contribution in [0.5, 0.6) is 0 Å². The Labute approximate surface area is 135 Å². The van der Waals surface area contributed by atoms with Gasteiger partial charge in [0.2, 0.25) is 0 Å². The molecule has 1 atom stereocenters. The van der Waals surface area contributed by atoms with Crippen molar-refractivity contribution >= 4 is 17.7 Å². The second-order valence-electron chi connectivity index (χ2n) is 5.46. The van der Waals surface area contributed by atoms with Gasteiger partial charge in [0.15, 0.2) is 11.7 Å². The average molecular weight is 316 g/mol. The van der Waals surface area contributed by atoms with Crippen LogP contribution in [0, 0.1) is 11.8 Å². The van der Waals surface area contributed by atoms with Crippen molar-refractivity contribution < 1.29 is 23.9 Å². The minimum Gasteiger partial charge on any atom is -0.468 e. The summed E-state index contributed by atoms with van der Waals surface area (Å²) >= 11 is 0. The maximum atomic E-state index is 12.3. The molecule has 0 radical (unpaired) electrons. The van der Waals surface area contributed by atoms with Crippen molar-refractivity contribution in [2.45, 2.75) is 19.3 Å². The molecule has 122 valence electrons. The van der Waals surface area contributed by atoms with Gasteiger partial charge >= 0.3 is 11.9 Å². The van der Waals surface area contributed by atoms with Crippen LogP contribution >= 0.6 is 0 Å². The number of esters is 2. The van der Waals surface area contributed by atoms with Gasteiger partial charge in [-0.3, -0.25) is 14.4 Å². The highest BCUT2D eigenvalue weighted by Crippen LogP contribution is 2.28. The van der Waals surface area contributed by atoms with Crippen LogP contribution in [0.2, 0.25) is 0 Å². The molecular formula is C18H20O5. The molecular weight excluding hydrogens is 296 g/mol. The fourth-order valence-electron chi connectivity index (χ4n) is 2.77. The fourth-order valence-corrected chi connectivity index (χ4v) is 2.77. The van der Waals surface area contributed by atoms with Gasteiger partial charge in [-0.15, -0.1) is 0 Å². The van der Waals surface area contributed by atoms with Crippen LogP contribution in [-0.4, -0.2) is 31.9 Å². The van der Waals surface area contributed by atoms with E-state index in [1.165, 1.54) is 14.2 Å². The second-order valence-corrected chi connectivity index (χ2v) is 5.46. The first-order valence-corrected chi connectivity index (χ1v) is 7.51. The first kappa shape index (κ1) is 16.9. The number of methoxy groups -OCH3 is 2. The SMILES string of the molecule is COC(=O)C(C/C=C/CC1Cc2ccccc2C1=O)C(=O)OC. The second kappa shape index (κ2) is 7.72. The minimum absolute atomic E-state index is 0.0710. The summed E-state index contributed by atoms with van der Waals surface area (Å²) in [5.41, 5.74) is 1.88. The van der Waals surface area contributed by atoms with Gasteiger partial charge in [0.25, 0.3) is 0 Å². The lowest BCUT2D eigenvalue weighted by molar-refractivity contribution is -0.158. The van der Waals surface area contributed by atoms with E-state index in [2.05, 4.69) is 9.47 Å². The van der Waals surface area contributed by atoms with E-state index in [-0.39, 0.29) is 18.1 Å². The summed E-state index contributed by atoms with van der Waals surface area (Å²) in [6.45, 7) is 0. The Morgan fingerprint density at radius 3 is 2.43 bits per heavy atom. The van der Waals surface area contributed by atoms with E-state index < -0.39 is 17.9 Å². The topological polar surface area (TPSA) is 69.7 Å². The van der Waals surface area contributed by atoms with Crippen LogP contribution in [0.25, 0.3) is 0 Å². The van der Waals surface area contributed by atoms with Gasteiger partial charge in [0.1, 0.15) is 0 Å². The summed E-state index contributed by atoms with van der Waals surface area (Å²) in [5, 5.41) is 0. The van der Waals surface area contributed by atoms with E-state index in [1.54, 1.807) is 6.08 Å². The van der Waals surface area contributed by atoms with Crippen molar-refractivity contribution in [3.63, 3.8) is 0 Å². The molecule has 5 heteroatoms. The van der Waals surface area contributed by atoms with Crippen LogP contribution in [0.4, 0.5) is 0 Å². The first-order chi connectivity index (χ1) is 11.1. The van der Waals surface area contributed by atoms with Crippen molar-refractivity contribution in [1.82, 2.24) is 0 Å². The third kappa shape index (κ3) is 3.86. The Balaban J connectivity index is 1.91. The average Bonchev–Trinajstić information content (AvgIpc) is 2.90. The van der Waals surface area contributed by atoms with Crippen molar-refractivity contribution in [2.24, 2.45) is 11.8 Å². The molecule has 0 saturated heterocycles. The van der Waals surface area contributed by atoms with E-state index in [4.69, 9.17) is 0 Å². The van der Waals surface area contributed by atoms with Crippen LogP contribution in [0.3, 0.4) is 0 Å². The summed E-state index contributed by atoms with van der Waals surface area (Å²) in [5.74, 6) is -2.12. The molecule has 0 aliphatic heterocycles. The fraction of sp³-hybridized carbons (Fsp3) is 0.389. The number of rotatable bonds is 6. The molecule has 0 N–H and O–H groups in total. The normalized spacial score (nSPS) is 16.7. The highest BCUT2D eigenvalue weighted by Gasteiger charge is 2.29. The molecule has 1 unspecified atom stereocenters. The number of fused-ring (bicyclic) bond motifs is 1. The standard InChI is InChI=1S/C18H20O5/c1-22-17(20)15(18(21)23-2)10-6-4-8-13-11-12-7-3-5-9-14(12)16(13)19/h3-7,9,13,15H,8,10-11H2,1-2H3/b6-4+. The molecule has 1 aromatic carbocycles. The van der Waals surface area contributed by atoms with Gasteiger partial charge in [-0.1, -0.05) is 36.4 Å². The maximum Gasteiger partial charge on any atom is 0.320 e. The van der Waals surface area contributed by atoms with Gasteiger partial charge in [-0.25, -0.2) is 0 Å². The van der Waals surface area contributed by atoms with E-state index in [0.29, 0.717) is 6.42 Å². The number of ether oxygens (including phenoxy) is 2. The van der Waals surface area contributed by atoms with Crippen LogP contribution in [0.15, 0.2) is 36.4 Å². The minimum atomic E-state index is -0.960. The number of Topliss-reactive ketones (excluding diaryl/α,β-unsaturated/α-hetero) is 1. The number of hydrogen-bond acceptors (Lipinski definition) is 5. The largest absolute Gasteiger partial charge is 0.468 e. The molecule has 0 saturated carbocycles. The number of hydrogen-bond donors (Lipinski definition) is 0. The highest BCUT2D eigenvalue weighted by molar-refractivity contribution is 6.02. The molecule has 1 aliphatic carbocycles. The summed E-state index contributed by atoms with van der Waals surface area (Å²) in [7, 11) is 2.47. The molecule has 0 heterocycles. The van der Waals surface area contributed by atoms with Crippen molar-refractivity contribution in [3.8, 4) is 0 Å². The van der Waals surface area contributed by atoms with Crippen molar-refractivity contribution in [2.75, 3.05) is 14.2 Å². The molecule has 0 bridgehead atoms. The number of carbonyl (C=O) groups is 3. The summed E-state index contributed by atoms with van der Waals surface area (Å²) < 4.78 is 9.19. The predicted molar refractivity (Wildman–Crippen MR) is 83.9 cm³/mol. The molecule has 1 aromatic rings. The Morgan fingerprint density at radius 2 is 1.83 bits per heavy atom. The van der Waals surface area contributed by atoms with Gasteiger partial charge in [0.05, 0.1) is 14.2 Å². The lowest BCUT2D eigenvalue weighted by Crippen LogP contribution is -2.25. The van der Waals surface area contributed by atoms with E-state index >= 15 is 0 Å². The number of benzene rings is 1. The van der Waals surface area contributed by atoms with Crippen molar-refractivity contribution in [3.05, 3.63) is 47.5 Å². The Kier molecular flexibility index (Phi) is 5.68. The zero-order chi connectivity index (χ0) is 16.8. The monoisotopic (exact) mass is 316 g/mol. The third-order valence-electron chi connectivity index (χ3n) is 4.05. The lowest BCUT2D eigenvalue weighted by Gasteiger charge is -2.10. The van der Waals surface area contributed by atoms with Crippen LogP contribution < -0.4 is 0 Å². The van der Waals surface area contributed by atoms with Gasteiger partial charge in [0, 0.05) is 11.5 Å². The zero-order valence-corrected chi connectivity index (χ0v) is 13.3. The quantitative estimate of drug-likeness (QED) is 0.458. The Hall–Kier alpha value is -2.43. The smallest absolute Gasteiger partial charge is 0.320 e. The summed E-state index contributed by atoms with van der Waals surface area (Å²) in [6, 6.07) is 7.63. The first-order valence-electron chi connectivity index (χ1n) is 7.51. The molecule has 0 spiro atoms. The molecule has 5 nitrogen and oxygen atoms in total. The third-order valence-corrected chi connectivity index (χ3v) is 4.05. The van der Waals surface area contributed by atoms with Crippen LogP contribution in [-0.2, 0) is 25.5 Å². The molecule has 0 aromatic heterocycles. The van der Waals surface area contributed by atoms with E-state index in [1.807, 2.05) is 30.3 Å². The molecule has 0 fully saturated rings.